The van der Waals surface area contributed by atoms with Gasteiger partial charge in [-0.25, -0.2) is 9.18 Å². The van der Waals surface area contributed by atoms with Gasteiger partial charge in [0.25, 0.3) is 17.8 Å². The Labute approximate surface area is 354 Å². The zero-order chi connectivity index (χ0) is 45.1. The summed E-state index contributed by atoms with van der Waals surface area (Å²) in [7, 11) is 2.24. The van der Waals surface area contributed by atoms with Crippen molar-refractivity contribution in [3.63, 3.8) is 0 Å². The van der Waals surface area contributed by atoms with Crippen LogP contribution in [0.2, 0.25) is 6.82 Å². The summed E-state index contributed by atoms with van der Waals surface area (Å²) in [5.41, 5.74) is 0.117. The first-order chi connectivity index (χ1) is 29.2. The van der Waals surface area contributed by atoms with Crippen molar-refractivity contribution in [3.8, 4) is 17.1 Å². The quantitative estimate of drug-likeness (QED) is 0.0380. The number of amides is 4. The Balaban J connectivity index is 1.77. The fraction of sp³-hybridized carbons (Fsp3) is 0.385. The normalized spacial score (nSPS) is 12.0. The monoisotopic (exact) mass is 848 g/mol. The molecule has 0 aliphatic heterocycles. The van der Waals surface area contributed by atoms with Crippen LogP contribution in [0, 0.1) is 18.7 Å². The van der Waals surface area contributed by atoms with Crippen LogP contribution in [0.5, 0.6) is 5.75 Å². The molecule has 18 nitrogen and oxygen atoms in total. The van der Waals surface area contributed by atoms with E-state index in [1.807, 2.05) is 6.92 Å². The number of rotatable bonds is 24. The van der Waals surface area contributed by atoms with Crippen LogP contribution in [0.15, 0.2) is 52.9 Å². The topological polar surface area (TPSA) is 235 Å². The van der Waals surface area contributed by atoms with E-state index >= 15 is 0 Å². The van der Waals surface area contributed by atoms with Crippen LogP contribution in [0.1, 0.15) is 89.2 Å². The molecule has 3 rings (SSSR count). The minimum atomic E-state index is -1.41. The second-order valence-corrected chi connectivity index (χ2v) is 13.4. The van der Waals surface area contributed by atoms with Crippen LogP contribution in [-0.2, 0) is 42.8 Å². The number of benzene rings is 2. The molecule has 0 saturated heterocycles. The fourth-order valence-electron chi connectivity index (χ4n) is 6.10. The third-order valence-corrected chi connectivity index (χ3v) is 9.28. The van der Waals surface area contributed by atoms with Crippen LogP contribution in [0.3, 0.4) is 0 Å². The summed E-state index contributed by atoms with van der Waals surface area (Å²) in [5, 5.41) is 8.32. The smallest absolute Gasteiger partial charge is 0.366 e. The standard InChI is InChI=1S/C39H48B3FN4O14/c1-5-7-8-11-24(28(6-2)47(21-48)61-39(55)34-22(3)10-9-12-26(34)43)35(51)44-20-45-37(53)30-16-15-29(57-30)23-13-14-25(31(17-23)56-19-33(50)59-41)36(52)46-27(18-32(49)58-40)38(54)60-42-4/h9-10,12-17,21,24,27-28,42H,5-8,11,18-20,40-41H2,1-4H3,(H,44,51)(H,45,53)(H,46,52)/t24-,27+,28-/m1/s1. The number of unbranched alkanes of at least 4 members (excludes halogenated alkanes) is 2. The number of ether oxygens (including phenoxy) is 1. The highest BCUT2D eigenvalue weighted by atomic mass is 19.1. The van der Waals surface area contributed by atoms with E-state index in [1.54, 1.807) is 13.7 Å². The average molecular weight is 848 g/mol. The van der Waals surface area contributed by atoms with Gasteiger partial charge in [0.05, 0.1) is 30.6 Å². The van der Waals surface area contributed by atoms with Crippen LogP contribution in [0.4, 0.5) is 4.39 Å². The van der Waals surface area contributed by atoms with Crippen molar-refractivity contribution in [3.05, 3.63) is 76.8 Å². The fourth-order valence-corrected chi connectivity index (χ4v) is 6.10. The summed E-state index contributed by atoms with van der Waals surface area (Å²) in [6.07, 6.45) is 2.45. The molecule has 0 unspecified atom stereocenters. The van der Waals surface area contributed by atoms with E-state index in [9.17, 15) is 42.7 Å². The van der Waals surface area contributed by atoms with Gasteiger partial charge in [0.15, 0.2) is 12.4 Å². The zero-order valence-corrected chi connectivity index (χ0v) is 34.8. The Morgan fingerprint density at radius 3 is 2.33 bits per heavy atom. The molecule has 3 N–H and O–H groups in total. The van der Waals surface area contributed by atoms with E-state index < -0.39 is 78.4 Å². The van der Waals surface area contributed by atoms with Crippen molar-refractivity contribution in [1.82, 2.24) is 21.0 Å². The van der Waals surface area contributed by atoms with Gasteiger partial charge < -0.3 is 43.9 Å². The molecule has 0 fully saturated rings. The number of nitrogens with one attached hydrogen (secondary N) is 3. The molecule has 3 atom stereocenters. The third kappa shape index (κ3) is 14.0. The zero-order valence-electron chi connectivity index (χ0n) is 34.8. The maximum absolute atomic E-state index is 14.5. The minimum absolute atomic E-state index is 0.0207. The number of furan rings is 1. The molecular formula is C39H48B3FN4O14. The number of aryl methyl sites for hydroxylation is 1. The lowest BCUT2D eigenvalue weighted by atomic mass is 9.90. The maximum atomic E-state index is 14.5. The Morgan fingerprint density at radius 2 is 1.69 bits per heavy atom. The van der Waals surface area contributed by atoms with Gasteiger partial charge in [-0.15, -0.1) is 0 Å². The minimum Gasteiger partial charge on any atom is -0.543 e. The number of carbonyl (C=O) groups excluding carboxylic acids is 8. The molecule has 61 heavy (non-hydrogen) atoms. The molecule has 22 heteroatoms. The first-order valence-electron chi connectivity index (χ1n) is 19.5. The number of carbonyl (C=O) groups is 8. The molecule has 3 aromatic rings. The molecule has 0 spiro atoms. The van der Waals surface area contributed by atoms with E-state index in [1.165, 1.54) is 49.4 Å². The van der Waals surface area contributed by atoms with Gasteiger partial charge in [-0.05, 0) is 55.7 Å². The summed E-state index contributed by atoms with van der Waals surface area (Å²) in [6.45, 7) is 5.78. The first kappa shape index (κ1) is 48.8. The van der Waals surface area contributed by atoms with Crippen molar-refractivity contribution >= 4 is 71.6 Å². The molecular weight excluding hydrogens is 800 g/mol. The van der Waals surface area contributed by atoms with Gasteiger partial charge in [0.2, 0.25) is 12.3 Å². The van der Waals surface area contributed by atoms with E-state index in [0.29, 0.717) is 24.0 Å². The summed E-state index contributed by atoms with van der Waals surface area (Å²) >= 11 is 0. The van der Waals surface area contributed by atoms with Crippen molar-refractivity contribution in [1.29, 1.82) is 0 Å². The maximum Gasteiger partial charge on any atom is 0.366 e. The van der Waals surface area contributed by atoms with E-state index in [2.05, 4.69) is 25.3 Å². The molecule has 0 aliphatic rings. The Kier molecular flexibility index (Phi) is 19.6. The van der Waals surface area contributed by atoms with E-state index in [0.717, 1.165) is 40.1 Å². The SMILES string of the molecule is BOC(=O)COc1cc(-c2ccc(C(=O)NCNC(=O)[C@H](CCCCC)[C@@H](CC)N(C=O)OC(=O)c3c(C)cccc3F)o2)ccc1C(=O)N[C@@H](CC(=O)OB)C(=O)OBC. The first-order valence-corrected chi connectivity index (χ1v) is 19.5. The Hall–Kier alpha value is -6.60. The highest BCUT2D eigenvalue weighted by Gasteiger charge is 2.34. The molecule has 2 aromatic carbocycles. The molecule has 1 aromatic heterocycles. The number of halogens is 1. The van der Waals surface area contributed by atoms with Crippen molar-refractivity contribution < 1.29 is 70.7 Å². The van der Waals surface area contributed by atoms with Gasteiger partial charge in [0, 0.05) is 5.56 Å². The van der Waals surface area contributed by atoms with Crippen molar-refractivity contribution in [2.45, 2.75) is 78.2 Å². The molecule has 1 heterocycles. The van der Waals surface area contributed by atoms with Gasteiger partial charge in [-0.3, -0.25) is 33.6 Å². The highest BCUT2D eigenvalue weighted by molar-refractivity contribution is 6.28. The lowest BCUT2D eigenvalue weighted by Crippen LogP contribution is -2.49. The number of hydrogen-bond donors (Lipinski definition) is 3. The highest BCUT2D eigenvalue weighted by Crippen LogP contribution is 2.30. The van der Waals surface area contributed by atoms with Gasteiger partial charge in [-0.2, -0.15) is 5.06 Å². The molecule has 324 valence electrons. The second-order valence-electron chi connectivity index (χ2n) is 13.4. The van der Waals surface area contributed by atoms with Gasteiger partial charge in [0.1, 0.15) is 28.9 Å². The van der Waals surface area contributed by atoms with Crippen LogP contribution >= 0.6 is 0 Å². The molecule has 0 saturated carbocycles. The number of hydroxylamine groups is 2. The van der Waals surface area contributed by atoms with Gasteiger partial charge in [-0.1, -0.05) is 58.1 Å². The summed E-state index contributed by atoms with van der Waals surface area (Å²) < 4.78 is 40.1. The predicted molar refractivity (Wildman–Crippen MR) is 221 cm³/mol. The largest absolute Gasteiger partial charge is 0.543 e. The van der Waals surface area contributed by atoms with Gasteiger partial charge >= 0.3 is 41.5 Å². The summed E-state index contributed by atoms with van der Waals surface area (Å²) in [5.74, 6) is -7.54. The lowest BCUT2D eigenvalue weighted by Gasteiger charge is -2.32. The van der Waals surface area contributed by atoms with Crippen molar-refractivity contribution in [2.24, 2.45) is 5.92 Å². The number of hydrogen-bond acceptors (Lipinski definition) is 14. The lowest BCUT2D eigenvalue weighted by molar-refractivity contribution is -0.171. The average Bonchev–Trinajstić information content (AvgIpc) is 3.75. The van der Waals surface area contributed by atoms with E-state index in [4.69, 9.17) is 18.6 Å². The molecule has 0 radical (unpaired) electrons. The van der Waals surface area contributed by atoms with Crippen LogP contribution in [0.25, 0.3) is 11.3 Å². The Bertz CT molecular complexity index is 2030. The third-order valence-electron chi connectivity index (χ3n) is 9.28. The summed E-state index contributed by atoms with van der Waals surface area (Å²) in [6, 6.07) is 8.62. The van der Waals surface area contributed by atoms with Crippen molar-refractivity contribution in [2.75, 3.05) is 13.3 Å². The van der Waals surface area contributed by atoms with Crippen LogP contribution < -0.4 is 20.7 Å². The molecule has 0 bridgehead atoms. The summed E-state index contributed by atoms with van der Waals surface area (Å²) in [4.78, 5) is 107. The number of nitrogens with zero attached hydrogens (tertiary/aromatic N) is 1. The predicted octanol–water partition coefficient (Wildman–Crippen LogP) is 1.40. The molecule has 0 aliphatic carbocycles. The molecule has 4 amide bonds. The van der Waals surface area contributed by atoms with E-state index in [-0.39, 0.29) is 55.4 Å². The Morgan fingerprint density at radius 1 is 0.951 bits per heavy atom. The van der Waals surface area contributed by atoms with Crippen LogP contribution in [-0.4, -0.2) is 102 Å². The second kappa shape index (κ2) is 24.5.